The number of hydrogen-bond donors (Lipinski definition) is 3. The number of aromatic nitrogens is 2. The second-order valence-corrected chi connectivity index (χ2v) is 6.86. The van der Waals surface area contributed by atoms with Crippen molar-refractivity contribution in [2.45, 2.75) is 45.4 Å². The maximum Gasteiger partial charge on any atom is 0.191 e. The minimum atomic E-state index is 0. The molecule has 1 aliphatic rings. The molecule has 6 heteroatoms. The smallest absolute Gasteiger partial charge is 0.191 e. The molecule has 0 amide bonds. The Balaban J connectivity index is 0.00000225. The van der Waals surface area contributed by atoms with Crippen LogP contribution in [0.25, 0.3) is 11.0 Å². The van der Waals surface area contributed by atoms with Crippen LogP contribution in [0.4, 0.5) is 0 Å². The summed E-state index contributed by atoms with van der Waals surface area (Å²) in [5, 5.41) is 6.93. The summed E-state index contributed by atoms with van der Waals surface area (Å²) in [4.78, 5) is 12.3. The molecule has 0 unspecified atom stereocenters. The molecule has 0 atom stereocenters. The highest BCUT2D eigenvalue weighted by Crippen LogP contribution is 2.40. The van der Waals surface area contributed by atoms with Gasteiger partial charge < -0.3 is 15.6 Å². The molecule has 3 N–H and O–H groups in total. The van der Waals surface area contributed by atoms with E-state index in [2.05, 4.69) is 38.6 Å². The van der Waals surface area contributed by atoms with Crippen LogP contribution in [0.2, 0.25) is 0 Å². The Morgan fingerprint density at radius 2 is 2.00 bits per heavy atom. The van der Waals surface area contributed by atoms with Crippen molar-refractivity contribution in [1.29, 1.82) is 0 Å². The maximum absolute atomic E-state index is 4.61. The average Bonchev–Trinajstić information content (AvgIpc) is 3.24. The molecule has 1 fully saturated rings. The Morgan fingerprint density at radius 1 is 1.24 bits per heavy atom. The predicted octanol–water partition coefficient (Wildman–Crippen LogP) is 3.86. The number of guanidine groups is 1. The lowest BCUT2D eigenvalue weighted by atomic mass is 9.83. The molecule has 0 bridgehead atoms. The van der Waals surface area contributed by atoms with Crippen LogP contribution < -0.4 is 10.6 Å². The SMILES string of the molecule is CCC1(CNC(=NC)NCCc2nc3ccccc3[nH]2)CCCC1.I. The van der Waals surface area contributed by atoms with E-state index in [1.54, 1.807) is 0 Å². The topological polar surface area (TPSA) is 65.1 Å². The molecule has 25 heavy (non-hydrogen) atoms. The third kappa shape index (κ3) is 5.09. The number of rotatable bonds is 6. The standard InChI is InChI=1S/C19H29N5.HI/c1-3-19(11-6-7-12-19)14-22-18(20-2)21-13-10-17-23-15-8-4-5-9-16(15)24-17;/h4-5,8-9H,3,6-7,10-14H2,1-2H3,(H,23,24)(H2,20,21,22);1H. The van der Waals surface area contributed by atoms with Crippen LogP contribution in [0.15, 0.2) is 29.3 Å². The van der Waals surface area contributed by atoms with E-state index in [1.165, 1.54) is 32.1 Å². The minimum Gasteiger partial charge on any atom is -0.356 e. The first-order valence-corrected chi connectivity index (χ1v) is 9.13. The van der Waals surface area contributed by atoms with Gasteiger partial charge in [0, 0.05) is 26.6 Å². The summed E-state index contributed by atoms with van der Waals surface area (Å²) in [6.07, 6.45) is 7.52. The number of nitrogens with zero attached hydrogens (tertiary/aromatic N) is 2. The van der Waals surface area contributed by atoms with Crippen LogP contribution >= 0.6 is 24.0 Å². The van der Waals surface area contributed by atoms with E-state index < -0.39 is 0 Å². The van der Waals surface area contributed by atoms with Gasteiger partial charge in [-0.3, -0.25) is 4.99 Å². The molecular weight excluding hydrogens is 425 g/mol. The van der Waals surface area contributed by atoms with E-state index in [0.717, 1.165) is 42.3 Å². The van der Waals surface area contributed by atoms with E-state index in [0.29, 0.717) is 5.41 Å². The molecule has 5 nitrogen and oxygen atoms in total. The predicted molar refractivity (Wildman–Crippen MR) is 116 cm³/mol. The number of aliphatic imine (C=N–C) groups is 1. The van der Waals surface area contributed by atoms with Gasteiger partial charge in [0.15, 0.2) is 5.96 Å². The first kappa shape index (κ1) is 20.0. The molecule has 1 saturated carbocycles. The van der Waals surface area contributed by atoms with Crippen molar-refractivity contribution in [1.82, 2.24) is 20.6 Å². The fourth-order valence-electron chi connectivity index (χ4n) is 3.70. The lowest BCUT2D eigenvalue weighted by Gasteiger charge is -2.28. The summed E-state index contributed by atoms with van der Waals surface area (Å²) >= 11 is 0. The molecule has 3 rings (SSSR count). The van der Waals surface area contributed by atoms with Crippen LogP contribution in [0.3, 0.4) is 0 Å². The first-order chi connectivity index (χ1) is 11.7. The third-order valence-electron chi connectivity index (χ3n) is 5.36. The van der Waals surface area contributed by atoms with Crippen molar-refractivity contribution in [3.8, 4) is 0 Å². The van der Waals surface area contributed by atoms with Crippen molar-refractivity contribution >= 4 is 41.0 Å². The van der Waals surface area contributed by atoms with Gasteiger partial charge in [0.2, 0.25) is 0 Å². The number of aromatic amines is 1. The normalized spacial score (nSPS) is 16.6. The molecule has 2 aromatic rings. The van der Waals surface area contributed by atoms with E-state index in [9.17, 15) is 0 Å². The lowest BCUT2D eigenvalue weighted by Crippen LogP contribution is -2.43. The van der Waals surface area contributed by atoms with Gasteiger partial charge in [0.05, 0.1) is 11.0 Å². The van der Waals surface area contributed by atoms with Crippen molar-refractivity contribution in [3.63, 3.8) is 0 Å². The molecule has 1 aliphatic carbocycles. The van der Waals surface area contributed by atoms with Crippen molar-refractivity contribution in [2.24, 2.45) is 10.4 Å². The van der Waals surface area contributed by atoms with Gasteiger partial charge in [-0.05, 0) is 36.8 Å². The second-order valence-electron chi connectivity index (χ2n) is 6.86. The Kier molecular flexibility index (Phi) is 7.53. The minimum absolute atomic E-state index is 0. The van der Waals surface area contributed by atoms with E-state index in [4.69, 9.17) is 0 Å². The number of H-pyrrole nitrogens is 1. The molecular formula is C19H30IN5. The van der Waals surface area contributed by atoms with Gasteiger partial charge in [-0.25, -0.2) is 4.98 Å². The summed E-state index contributed by atoms with van der Waals surface area (Å²) < 4.78 is 0. The zero-order valence-electron chi connectivity index (χ0n) is 15.3. The van der Waals surface area contributed by atoms with Crippen LogP contribution in [-0.2, 0) is 6.42 Å². The molecule has 0 aliphatic heterocycles. The second kappa shape index (κ2) is 9.40. The van der Waals surface area contributed by atoms with E-state index in [1.807, 2.05) is 25.2 Å². The monoisotopic (exact) mass is 455 g/mol. The molecule has 0 spiro atoms. The van der Waals surface area contributed by atoms with Gasteiger partial charge in [0.25, 0.3) is 0 Å². The lowest BCUT2D eigenvalue weighted by molar-refractivity contribution is 0.283. The van der Waals surface area contributed by atoms with E-state index in [-0.39, 0.29) is 24.0 Å². The molecule has 1 heterocycles. The summed E-state index contributed by atoms with van der Waals surface area (Å²) in [6, 6.07) is 8.14. The Hall–Kier alpha value is -1.31. The highest BCUT2D eigenvalue weighted by Gasteiger charge is 2.31. The molecule has 1 aromatic heterocycles. The maximum atomic E-state index is 4.61. The molecule has 1 aromatic carbocycles. The van der Waals surface area contributed by atoms with Crippen LogP contribution in [0.1, 0.15) is 44.9 Å². The largest absolute Gasteiger partial charge is 0.356 e. The van der Waals surface area contributed by atoms with Crippen molar-refractivity contribution in [2.75, 3.05) is 20.1 Å². The number of nitrogens with one attached hydrogen (secondary N) is 3. The quantitative estimate of drug-likeness (QED) is 0.352. The van der Waals surface area contributed by atoms with E-state index >= 15 is 0 Å². The average molecular weight is 455 g/mol. The summed E-state index contributed by atoms with van der Waals surface area (Å²) in [6.45, 7) is 4.15. The van der Waals surface area contributed by atoms with Gasteiger partial charge in [-0.2, -0.15) is 0 Å². The summed E-state index contributed by atoms with van der Waals surface area (Å²) in [5.74, 6) is 1.91. The van der Waals surface area contributed by atoms with Gasteiger partial charge >= 0.3 is 0 Å². The summed E-state index contributed by atoms with van der Waals surface area (Å²) in [7, 11) is 1.84. The molecule has 0 saturated heterocycles. The zero-order valence-corrected chi connectivity index (χ0v) is 17.6. The fourth-order valence-corrected chi connectivity index (χ4v) is 3.70. The van der Waals surface area contributed by atoms with Crippen LogP contribution in [-0.4, -0.2) is 36.1 Å². The number of benzene rings is 1. The van der Waals surface area contributed by atoms with Gasteiger partial charge in [-0.1, -0.05) is 31.9 Å². The fraction of sp³-hybridized carbons (Fsp3) is 0.579. The zero-order chi connectivity index (χ0) is 16.8. The third-order valence-corrected chi connectivity index (χ3v) is 5.36. The van der Waals surface area contributed by atoms with Crippen LogP contribution in [0.5, 0.6) is 0 Å². The number of halogens is 1. The number of imidazole rings is 1. The van der Waals surface area contributed by atoms with Crippen LogP contribution in [0, 0.1) is 5.41 Å². The van der Waals surface area contributed by atoms with Gasteiger partial charge in [0.1, 0.15) is 5.82 Å². The Morgan fingerprint density at radius 3 is 2.68 bits per heavy atom. The van der Waals surface area contributed by atoms with Crippen molar-refractivity contribution < 1.29 is 0 Å². The molecule has 138 valence electrons. The Labute approximate surface area is 167 Å². The highest BCUT2D eigenvalue weighted by molar-refractivity contribution is 14.0. The van der Waals surface area contributed by atoms with Gasteiger partial charge in [-0.15, -0.1) is 24.0 Å². The van der Waals surface area contributed by atoms with Crippen molar-refractivity contribution in [3.05, 3.63) is 30.1 Å². The number of hydrogen-bond acceptors (Lipinski definition) is 2. The first-order valence-electron chi connectivity index (χ1n) is 9.13. The molecule has 0 radical (unpaired) electrons. The summed E-state index contributed by atoms with van der Waals surface area (Å²) in [5.41, 5.74) is 2.60. The Bertz CT molecular complexity index is 655. The highest BCUT2D eigenvalue weighted by atomic mass is 127. The number of para-hydroxylation sites is 2. The number of fused-ring (bicyclic) bond motifs is 1.